The molecule has 2 aromatic rings. The van der Waals surface area contributed by atoms with Crippen LogP contribution in [0.15, 0.2) is 53.4 Å². The van der Waals surface area contributed by atoms with E-state index in [1.54, 1.807) is 57.2 Å². The maximum absolute atomic E-state index is 12.5. The van der Waals surface area contributed by atoms with E-state index in [2.05, 4.69) is 10.0 Å². The molecule has 0 saturated heterocycles. The van der Waals surface area contributed by atoms with Crippen LogP contribution in [0.5, 0.6) is 0 Å². The molecule has 0 unspecified atom stereocenters. The highest BCUT2D eigenvalue weighted by atomic mass is 35.5. The summed E-state index contributed by atoms with van der Waals surface area (Å²) in [5, 5.41) is 3.10. The molecule has 0 radical (unpaired) electrons. The fourth-order valence-corrected chi connectivity index (χ4v) is 3.98. The van der Waals surface area contributed by atoms with E-state index in [4.69, 9.17) is 16.3 Å². The number of carbonyl (C=O) groups is 2. The maximum Gasteiger partial charge on any atom is 0.324 e. The molecular weight excluding hydrogens is 416 g/mol. The van der Waals surface area contributed by atoms with Gasteiger partial charge in [-0.15, -0.1) is 0 Å². The number of esters is 1. The van der Waals surface area contributed by atoms with Crippen molar-refractivity contribution in [2.24, 2.45) is 5.92 Å². The lowest BCUT2D eigenvalue weighted by Gasteiger charge is -2.20. The zero-order valence-corrected chi connectivity index (χ0v) is 17.9. The summed E-state index contributed by atoms with van der Waals surface area (Å²) in [5.41, 5.74) is 1.19. The molecule has 1 atom stereocenters. The van der Waals surface area contributed by atoms with Gasteiger partial charge in [-0.1, -0.05) is 49.7 Å². The summed E-state index contributed by atoms with van der Waals surface area (Å²) in [7, 11) is -3.91. The summed E-state index contributed by atoms with van der Waals surface area (Å²) in [4.78, 5) is 24.6. The number of benzene rings is 2. The standard InChI is InChI=1S/C20H23ClN2O5S/c1-13(2)19(23-29(26,27)15-8-5-4-6-9-15)20(25)28-12-18(24)22-17-11-7-10-16(21)14(17)3/h4-11,13,19,23H,12H2,1-3H3,(H,22,24)/t19-/m0/s1. The number of ether oxygens (including phenoxy) is 1. The second-order valence-corrected chi connectivity index (χ2v) is 8.85. The lowest BCUT2D eigenvalue weighted by atomic mass is 10.1. The highest BCUT2D eigenvalue weighted by Gasteiger charge is 2.30. The van der Waals surface area contributed by atoms with Crippen molar-refractivity contribution >= 4 is 39.2 Å². The van der Waals surface area contributed by atoms with Gasteiger partial charge in [-0.3, -0.25) is 9.59 Å². The van der Waals surface area contributed by atoms with Crippen molar-refractivity contribution in [3.8, 4) is 0 Å². The monoisotopic (exact) mass is 438 g/mol. The Morgan fingerprint density at radius 1 is 1.07 bits per heavy atom. The second kappa shape index (κ2) is 9.87. The third kappa shape index (κ3) is 6.28. The first-order valence-corrected chi connectivity index (χ1v) is 10.8. The molecule has 0 spiro atoms. The summed E-state index contributed by atoms with van der Waals surface area (Å²) < 4.78 is 32.4. The maximum atomic E-state index is 12.5. The van der Waals surface area contributed by atoms with Crippen LogP contribution < -0.4 is 10.0 Å². The molecular formula is C20H23ClN2O5S. The number of hydrogen-bond acceptors (Lipinski definition) is 5. The fourth-order valence-electron chi connectivity index (χ4n) is 2.45. The minimum Gasteiger partial charge on any atom is -0.454 e. The predicted molar refractivity (Wildman–Crippen MR) is 111 cm³/mol. The molecule has 7 nitrogen and oxygen atoms in total. The number of hydrogen-bond donors (Lipinski definition) is 2. The van der Waals surface area contributed by atoms with Crippen LogP contribution in [0.25, 0.3) is 0 Å². The Bertz CT molecular complexity index is 978. The SMILES string of the molecule is Cc1c(Cl)cccc1NC(=O)COC(=O)[C@@H](NS(=O)(=O)c1ccccc1)C(C)C. The van der Waals surface area contributed by atoms with Crippen LogP contribution in [0.2, 0.25) is 5.02 Å². The van der Waals surface area contributed by atoms with E-state index in [0.717, 1.165) is 0 Å². The number of anilines is 1. The average molecular weight is 439 g/mol. The van der Waals surface area contributed by atoms with Gasteiger partial charge < -0.3 is 10.1 Å². The van der Waals surface area contributed by atoms with E-state index in [9.17, 15) is 18.0 Å². The summed E-state index contributed by atoms with van der Waals surface area (Å²) in [6.07, 6.45) is 0. The van der Waals surface area contributed by atoms with Crippen molar-refractivity contribution in [1.29, 1.82) is 0 Å². The van der Waals surface area contributed by atoms with Gasteiger partial charge in [-0.2, -0.15) is 4.72 Å². The molecule has 0 aliphatic heterocycles. The summed E-state index contributed by atoms with van der Waals surface area (Å²) >= 11 is 6.01. The van der Waals surface area contributed by atoms with Crippen LogP contribution >= 0.6 is 11.6 Å². The first-order valence-electron chi connectivity index (χ1n) is 8.91. The molecule has 0 aliphatic rings. The largest absolute Gasteiger partial charge is 0.454 e. The number of sulfonamides is 1. The van der Waals surface area contributed by atoms with Crippen LogP contribution in [0.4, 0.5) is 5.69 Å². The molecule has 0 bridgehead atoms. The van der Waals surface area contributed by atoms with Crippen molar-refractivity contribution in [3.63, 3.8) is 0 Å². The Morgan fingerprint density at radius 3 is 2.34 bits per heavy atom. The molecule has 1 amide bonds. The van der Waals surface area contributed by atoms with E-state index in [0.29, 0.717) is 16.3 Å². The molecule has 2 N–H and O–H groups in total. The van der Waals surface area contributed by atoms with Gasteiger partial charge in [-0.25, -0.2) is 8.42 Å². The average Bonchev–Trinajstić information content (AvgIpc) is 2.68. The smallest absolute Gasteiger partial charge is 0.324 e. The van der Waals surface area contributed by atoms with Crippen LogP contribution in [0.3, 0.4) is 0 Å². The van der Waals surface area contributed by atoms with Crippen LogP contribution in [0.1, 0.15) is 19.4 Å². The van der Waals surface area contributed by atoms with E-state index >= 15 is 0 Å². The Morgan fingerprint density at radius 2 is 1.72 bits per heavy atom. The van der Waals surface area contributed by atoms with Crippen LogP contribution in [-0.4, -0.2) is 32.9 Å². The highest BCUT2D eigenvalue weighted by Crippen LogP contribution is 2.22. The summed E-state index contributed by atoms with van der Waals surface area (Å²) in [6, 6.07) is 11.6. The quantitative estimate of drug-likeness (QED) is 0.616. The van der Waals surface area contributed by atoms with Gasteiger partial charge >= 0.3 is 5.97 Å². The normalized spacial score (nSPS) is 12.4. The lowest BCUT2D eigenvalue weighted by molar-refractivity contribution is -0.150. The zero-order chi connectivity index (χ0) is 21.6. The van der Waals surface area contributed by atoms with Gasteiger partial charge in [0.2, 0.25) is 10.0 Å². The van der Waals surface area contributed by atoms with Crippen LogP contribution in [-0.2, 0) is 24.3 Å². The van der Waals surface area contributed by atoms with Gasteiger partial charge in [0, 0.05) is 10.7 Å². The minimum absolute atomic E-state index is 0.0348. The van der Waals surface area contributed by atoms with Crippen molar-refractivity contribution in [1.82, 2.24) is 4.72 Å². The molecule has 0 aromatic heterocycles. The van der Waals surface area contributed by atoms with Crippen molar-refractivity contribution in [2.75, 3.05) is 11.9 Å². The van der Waals surface area contributed by atoms with E-state index in [-0.39, 0.29) is 10.8 Å². The third-order valence-corrected chi connectivity index (χ3v) is 6.01. The van der Waals surface area contributed by atoms with E-state index in [1.165, 1.54) is 12.1 Å². The Kier molecular flexibility index (Phi) is 7.78. The topological polar surface area (TPSA) is 102 Å². The van der Waals surface area contributed by atoms with Gasteiger partial charge in [-0.05, 0) is 42.7 Å². The Balaban J connectivity index is 2.01. The van der Waals surface area contributed by atoms with Crippen molar-refractivity contribution in [2.45, 2.75) is 31.7 Å². The second-order valence-electron chi connectivity index (χ2n) is 6.72. The number of amides is 1. The van der Waals surface area contributed by atoms with Gasteiger partial charge in [0.1, 0.15) is 6.04 Å². The first kappa shape index (κ1) is 22.9. The van der Waals surface area contributed by atoms with Gasteiger partial charge in [0.15, 0.2) is 6.61 Å². The number of nitrogens with one attached hydrogen (secondary N) is 2. The number of halogens is 1. The predicted octanol–water partition coefficient (Wildman–Crippen LogP) is 3.13. The Hall–Kier alpha value is -2.42. The summed E-state index contributed by atoms with van der Waals surface area (Å²) in [5.74, 6) is -1.78. The van der Waals surface area contributed by atoms with Gasteiger partial charge in [0.05, 0.1) is 4.90 Å². The van der Waals surface area contributed by atoms with Crippen LogP contribution in [0, 0.1) is 12.8 Å². The molecule has 0 fully saturated rings. The highest BCUT2D eigenvalue weighted by molar-refractivity contribution is 7.89. The molecule has 156 valence electrons. The molecule has 9 heteroatoms. The van der Waals surface area contributed by atoms with E-state index in [1.807, 2.05) is 0 Å². The molecule has 0 saturated carbocycles. The number of carbonyl (C=O) groups excluding carboxylic acids is 2. The lowest BCUT2D eigenvalue weighted by Crippen LogP contribution is -2.45. The zero-order valence-electron chi connectivity index (χ0n) is 16.3. The Labute approximate surface area is 175 Å². The van der Waals surface area contributed by atoms with Crippen molar-refractivity contribution in [3.05, 3.63) is 59.1 Å². The molecule has 0 aliphatic carbocycles. The third-order valence-electron chi connectivity index (χ3n) is 4.14. The first-order chi connectivity index (χ1) is 13.6. The van der Waals surface area contributed by atoms with Crippen molar-refractivity contribution < 1.29 is 22.7 Å². The molecule has 29 heavy (non-hydrogen) atoms. The fraction of sp³-hybridized carbons (Fsp3) is 0.300. The van der Waals surface area contributed by atoms with E-state index < -0.39 is 34.5 Å². The molecule has 2 aromatic carbocycles. The minimum atomic E-state index is -3.91. The molecule has 0 heterocycles. The van der Waals surface area contributed by atoms with Gasteiger partial charge in [0.25, 0.3) is 5.91 Å². The number of rotatable bonds is 8. The summed E-state index contributed by atoms with van der Waals surface area (Å²) in [6.45, 7) is 4.54. The molecule has 2 rings (SSSR count).